The summed E-state index contributed by atoms with van der Waals surface area (Å²) in [6.45, 7) is 3.74. The third-order valence-corrected chi connectivity index (χ3v) is 6.13. The first-order valence-electron chi connectivity index (χ1n) is 9.43. The summed E-state index contributed by atoms with van der Waals surface area (Å²) in [5.41, 5.74) is 2.26. The quantitative estimate of drug-likeness (QED) is 0.504. The molecule has 0 saturated carbocycles. The van der Waals surface area contributed by atoms with Crippen LogP contribution in [0.4, 0.5) is 5.82 Å². The fourth-order valence-corrected chi connectivity index (χ4v) is 4.72. The zero-order valence-electron chi connectivity index (χ0n) is 16.3. The minimum Gasteiger partial charge on any atom is -0.360 e. The Morgan fingerprint density at radius 2 is 2.17 bits per heavy atom. The van der Waals surface area contributed by atoms with Crippen LogP contribution in [0.3, 0.4) is 0 Å². The monoisotopic (exact) mass is 422 g/mol. The molecule has 152 valence electrons. The maximum Gasteiger partial charge on any atom is 0.265 e. The summed E-state index contributed by atoms with van der Waals surface area (Å²) in [5, 5.41) is 11.9. The standard InChI is InChI=1S/C20H18N6O3S/c1-11-5-3-4-6-15(11)26-18-14(9-21-26)19(28)25-13(10-30-20(25)23-18)8-17(27)22-16-7-12(2)29-24-16/h3-7,9,13H,8,10H2,1-2H3,(H,22,24,27). The largest absolute Gasteiger partial charge is 0.360 e. The van der Waals surface area contributed by atoms with Gasteiger partial charge in [-0.25, -0.2) is 9.67 Å². The second-order valence-electron chi connectivity index (χ2n) is 7.19. The zero-order valence-corrected chi connectivity index (χ0v) is 17.1. The lowest BCUT2D eigenvalue weighted by atomic mass is 10.2. The van der Waals surface area contributed by atoms with E-state index in [4.69, 9.17) is 9.51 Å². The van der Waals surface area contributed by atoms with Crippen LogP contribution in [0.1, 0.15) is 23.8 Å². The number of para-hydroxylation sites is 1. The van der Waals surface area contributed by atoms with Crippen LogP contribution in [-0.2, 0) is 4.79 Å². The molecule has 9 nitrogen and oxygen atoms in total. The molecule has 1 aliphatic heterocycles. The number of benzene rings is 1. The van der Waals surface area contributed by atoms with Crippen LogP contribution in [0, 0.1) is 13.8 Å². The Hall–Kier alpha value is -3.40. The van der Waals surface area contributed by atoms with Crippen LogP contribution in [-0.4, -0.2) is 36.1 Å². The van der Waals surface area contributed by atoms with Gasteiger partial charge in [0.1, 0.15) is 11.1 Å². The van der Waals surface area contributed by atoms with Crippen molar-refractivity contribution in [2.45, 2.75) is 31.5 Å². The van der Waals surface area contributed by atoms with E-state index in [1.807, 2.05) is 31.2 Å². The molecule has 5 rings (SSSR count). The Morgan fingerprint density at radius 3 is 2.93 bits per heavy atom. The topological polar surface area (TPSA) is 108 Å². The van der Waals surface area contributed by atoms with Crippen molar-refractivity contribution < 1.29 is 9.32 Å². The van der Waals surface area contributed by atoms with E-state index >= 15 is 0 Å². The molecule has 0 saturated heterocycles. The molecule has 1 unspecified atom stereocenters. The highest BCUT2D eigenvalue weighted by atomic mass is 32.2. The molecular formula is C20H18N6O3S. The number of hydrogen-bond acceptors (Lipinski definition) is 7. The maximum absolute atomic E-state index is 13.2. The summed E-state index contributed by atoms with van der Waals surface area (Å²) >= 11 is 1.47. The molecule has 1 aromatic carbocycles. The summed E-state index contributed by atoms with van der Waals surface area (Å²) in [6.07, 6.45) is 1.69. The van der Waals surface area contributed by atoms with Crippen molar-refractivity contribution >= 4 is 34.5 Å². The highest BCUT2D eigenvalue weighted by Gasteiger charge is 2.30. The molecule has 1 N–H and O–H groups in total. The van der Waals surface area contributed by atoms with Crippen molar-refractivity contribution in [1.29, 1.82) is 0 Å². The summed E-state index contributed by atoms with van der Waals surface area (Å²) in [4.78, 5) is 30.3. The number of fused-ring (bicyclic) bond motifs is 2. The van der Waals surface area contributed by atoms with Gasteiger partial charge in [0, 0.05) is 18.2 Å². The van der Waals surface area contributed by atoms with Crippen LogP contribution in [0.2, 0.25) is 0 Å². The van der Waals surface area contributed by atoms with Gasteiger partial charge in [-0.15, -0.1) is 0 Å². The number of hydrogen-bond donors (Lipinski definition) is 1. The Balaban J connectivity index is 1.48. The second-order valence-corrected chi connectivity index (χ2v) is 8.18. The van der Waals surface area contributed by atoms with Gasteiger partial charge in [0.05, 0.1) is 17.9 Å². The molecule has 4 heterocycles. The smallest absolute Gasteiger partial charge is 0.265 e. The van der Waals surface area contributed by atoms with Gasteiger partial charge in [-0.3, -0.25) is 14.2 Å². The number of anilines is 1. The number of thioether (sulfide) groups is 1. The molecule has 0 radical (unpaired) electrons. The molecule has 1 aliphatic rings. The summed E-state index contributed by atoms with van der Waals surface area (Å²) in [7, 11) is 0. The molecular weight excluding hydrogens is 404 g/mol. The Morgan fingerprint density at radius 1 is 1.33 bits per heavy atom. The van der Waals surface area contributed by atoms with Crippen molar-refractivity contribution in [2.75, 3.05) is 11.1 Å². The SMILES string of the molecule is Cc1cc(NC(=O)CC2CSc3nc4c(cnn4-c4ccccc4C)c(=O)n32)no1. The highest BCUT2D eigenvalue weighted by molar-refractivity contribution is 7.99. The predicted molar refractivity (Wildman–Crippen MR) is 112 cm³/mol. The third-order valence-electron chi connectivity index (χ3n) is 5.03. The first-order chi connectivity index (χ1) is 14.5. The zero-order chi connectivity index (χ0) is 20.8. The van der Waals surface area contributed by atoms with Crippen molar-refractivity contribution in [3.63, 3.8) is 0 Å². The minimum atomic E-state index is -0.288. The molecule has 1 amide bonds. The molecule has 10 heteroatoms. The Kier molecular flexibility index (Phi) is 4.43. The van der Waals surface area contributed by atoms with Gasteiger partial charge in [0.15, 0.2) is 16.6 Å². The third kappa shape index (κ3) is 3.09. The highest BCUT2D eigenvalue weighted by Crippen LogP contribution is 2.33. The second kappa shape index (κ2) is 7.13. The molecule has 3 aromatic heterocycles. The molecule has 0 bridgehead atoms. The van der Waals surface area contributed by atoms with Crippen LogP contribution in [0.15, 0.2) is 51.0 Å². The van der Waals surface area contributed by atoms with E-state index in [1.165, 1.54) is 11.8 Å². The van der Waals surface area contributed by atoms with Gasteiger partial charge in [-0.1, -0.05) is 35.1 Å². The normalized spacial score (nSPS) is 15.5. The van der Waals surface area contributed by atoms with Crippen molar-refractivity contribution in [1.82, 2.24) is 24.5 Å². The van der Waals surface area contributed by atoms with E-state index in [0.717, 1.165) is 11.3 Å². The maximum atomic E-state index is 13.2. The molecule has 0 spiro atoms. The number of aromatic nitrogens is 5. The lowest BCUT2D eigenvalue weighted by Crippen LogP contribution is -2.27. The average Bonchev–Trinajstić information content (AvgIpc) is 3.42. The van der Waals surface area contributed by atoms with Crippen molar-refractivity contribution in [3.8, 4) is 5.69 Å². The number of carbonyl (C=O) groups is 1. The number of amides is 1. The molecule has 0 fully saturated rings. The Labute approximate surface area is 175 Å². The van der Waals surface area contributed by atoms with E-state index in [1.54, 1.807) is 28.4 Å². The summed E-state index contributed by atoms with van der Waals surface area (Å²) < 4.78 is 8.26. The fraction of sp³-hybridized carbons (Fsp3) is 0.250. The van der Waals surface area contributed by atoms with E-state index in [9.17, 15) is 9.59 Å². The molecule has 4 aromatic rings. The number of nitrogens with one attached hydrogen (secondary N) is 1. The number of carbonyl (C=O) groups excluding carboxylic acids is 1. The minimum absolute atomic E-state index is 0.144. The molecule has 1 atom stereocenters. The van der Waals surface area contributed by atoms with E-state index in [0.29, 0.717) is 33.5 Å². The van der Waals surface area contributed by atoms with Crippen molar-refractivity contribution in [3.05, 3.63) is 58.2 Å². The van der Waals surface area contributed by atoms with Gasteiger partial charge < -0.3 is 9.84 Å². The van der Waals surface area contributed by atoms with Crippen molar-refractivity contribution in [2.24, 2.45) is 0 Å². The van der Waals surface area contributed by atoms with E-state index in [-0.39, 0.29) is 23.9 Å². The van der Waals surface area contributed by atoms with Crippen LogP contribution in [0.25, 0.3) is 16.7 Å². The summed E-state index contributed by atoms with van der Waals surface area (Å²) in [5.74, 6) is 1.34. The van der Waals surface area contributed by atoms with E-state index in [2.05, 4.69) is 15.6 Å². The average molecular weight is 422 g/mol. The van der Waals surface area contributed by atoms with E-state index < -0.39 is 0 Å². The van der Waals surface area contributed by atoms with Crippen LogP contribution >= 0.6 is 11.8 Å². The number of rotatable bonds is 4. The number of aryl methyl sites for hydroxylation is 2. The first-order valence-corrected chi connectivity index (χ1v) is 10.4. The molecule has 30 heavy (non-hydrogen) atoms. The predicted octanol–water partition coefficient (Wildman–Crippen LogP) is 2.86. The van der Waals surface area contributed by atoms with Gasteiger partial charge >= 0.3 is 0 Å². The summed E-state index contributed by atoms with van der Waals surface area (Å²) in [6, 6.07) is 9.17. The van der Waals surface area contributed by atoms with Crippen LogP contribution in [0.5, 0.6) is 0 Å². The Bertz CT molecular complexity index is 1340. The lowest BCUT2D eigenvalue weighted by Gasteiger charge is -2.13. The first kappa shape index (κ1) is 18.6. The van der Waals surface area contributed by atoms with Crippen LogP contribution < -0.4 is 10.9 Å². The number of nitrogens with zero attached hydrogens (tertiary/aromatic N) is 5. The fourth-order valence-electron chi connectivity index (χ4n) is 3.59. The van der Waals surface area contributed by atoms with Gasteiger partial charge in [0.25, 0.3) is 5.56 Å². The van der Waals surface area contributed by atoms with Gasteiger partial charge in [0.2, 0.25) is 5.91 Å². The van der Waals surface area contributed by atoms with Gasteiger partial charge in [-0.05, 0) is 25.5 Å². The lowest BCUT2D eigenvalue weighted by molar-refractivity contribution is -0.116. The molecule has 0 aliphatic carbocycles. The van der Waals surface area contributed by atoms with Gasteiger partial charge in [-0.2, -0.15) is 5.10 Å².